The number of guanidine groups is 1. The van der Waals surface area contributed by atoms with E-state index in [2.05, 4.69) is 26.2 Å². The van der Waals surface area contributed by atoms with Gasteiger partial charge in [-0.15, -0.1) is 0 Å². The van der Waals surface area contributed by atoms with Gasteiger partial charge in [0.05, 0.1) is 12.5 Å². The van der Waals surface area contributed by atoms with Crippen LogP contribution in [-0.2, 0) is 11.8 Å². The summed E-state index contributed by atoms with van der Waals surface area (Å²) >= 11 is 3.47. The molecule has 1 atom stereocenters. The Hall–Kier alpha value is -1.82. The number of nitrogens with two attached hydrogens (primary N) is 1. The van der Waals surface area contributed by atoms with Crippen molar-refractivity contribution in [1.29, 1.82) is 0 Å². The number of nitrogens with one attached hydrogen (secondary N) is 1. The van der Waals surface area contributed by atoms with Gasteiger partial charge in [-0.3, -0.25) is 10.1 Å². The first-order chi connectivity index (χ1) is 9.04. The SMILES string of the molecule is Cn1cc(C2CC(=O)NC(N)=N2)c2cc(Br)ccc21. The van der Waals surface area contributed by atoms with Crippen molar-refractivity contribution in [3.63, 3.8) is 0 Å². The Morgan fingerprint density at radius 1 is 1.53 bits per heavy atom. The van der Waals surface area contributed by atoms with Crippen molar-refractivity contribution in [1.82, 2.24) is 9.88 Å². The fourth-order valence-electron chi connectivity index (χ4n) is 2.46. The maximum absolute atomic E-state index is 11.6. The minimum atomic E-state index is -0.216. The van der Waals surface area contributed by atoms with Gasteiger partial charge in [0.15, 0.2) is 5.96 Å². The number of benzene rings is 1. The number of halogens is 1. The van der Waals surface area contributed by atoms with E-state index < -0.39 is 0 Å². The summed E-state index contributed by atoms with van der Waals surface area (Å²) in [5, 5.41) is 3.61. The van der Waals surface area contributed by atoms with Gasteiger partial charge in [0.2, 0.25) is 5.91 Å². The second kappa shape index (κ2) is 4.38. The molecule has 1 aliphatic rings. The van der Waals surface area contributed by atoms with Crippen LogP contribution in [-0.4, -0.2) is 16.4 Å². The van der Waals surface area contributed by atoms with Crippen molar-refractivity contribution in [2.75, 3.05) is 0 Å². The van der Waals surface area contributed by atoms with Gasteiger partial charge in [0.25, 0.3) is 0 Å². The molecule has 0 bridgehead atoms. The number of hydrogen-bond donors (Lipinski definition) is 2. The summed E-state index contributed by atoms with van der Waals surface area (Å²) in [5.74, 6) is 0.0951. The highest BCUT2D eigenvalue weighted by Crippen LogP contribution is 2.32. The zero-order valence-electron chi connectivity index (χ0n) is 10.4. The van der Waals surface area contributed by atoms with Crippen LogP contribution in [0.4, 0.5) is 0 Å². The molecule has 1 aromatic carbocycles. The van der Waals surface area contributed by atoms with E-state index in [0.717, 1.165) is 20.9 Å². The molecule has 0 saturated heterocycles. The molecule has 0 spiro atoms. The van der Waals surface area contributed by atoms with E-state index in [1.807, 2.05) is 36.0 Å². The molecule has 0 saturated carbocycles. The first-order valence-electron chi connectivity index (χ1n) is 5.92. The third kappa shape index (κ3) is 2.12. The normalized spacial score (nSPS) is 19.4. The van der Waals surface area contributed by atoms with Gasteiger partial charge in [-0.25, -0.2) is 4.99 Å². The number of aliphatic imine (C=N–C) groups is 1. The number of aryl methyl sites for hydroxylation is 1. The summed E-state index contributed by atoms with van der Waals surface area (Å²) in [6.45, 7) is 0. The van der Waals surface area contributed by atoms with Gasteiger partial charge in [0.1, 0.15) is 0 Å². The second-order valence-corrected chi connectivity index (χ2v) is 5.55. The standard InChI is InChI=1S/C13H13BrN4O/c1-18-6-9(8-4-7(14)2-3-11(8)18)10-5-12(19)17-13(15)16-10/h2-4,6,10H,5H2,1H3,(H3,15,16,17,19). The maximum Gasteiger partial charge on any atom is 0.229 e. The summed E-state index contributed by atoms with van der Waals surface area (Å²) in [6, 6.07) is 5.87. The summed E-state index contributed by atoms with van der Waals surface area (Å²) in [6.07, 6.45) is 2.34. The summed E-state index contributed by atoms with van der Waals surface area (Å²) in [7, 11) is 1.98. The molecular weight excluding hydrogens is 308 g/mol. The van der Waals surface area contributed by atoms with E-state index in [9.17, 15) is 4.79 Å². The highest BCUT2D eigenvalue weighted by Gasteiger charge is 2.24. The number of hydrogen-bond acceptors (Lipinski definition) is 3. The van der Waals surface area contributed by atoms with Crippen molar-refractivity contribution in [3.05, 3.63) is 34.4 Å². The van der Waals surface area contributed by atoms with Gasteiger partial charge < -0.3 is 10.3 Å². The van der Waals surface area contributed by atoms with Crippen molar-refractivity contribution in [2.45, 2.75) is 12.5 Å². The van der Waals surface area contributed by atoms with Crippen LogP contribution in [0.15, 0.2) is 33.9 Å². The lowest BCUT2D eigenvalue weighted by Crippen LogP contribution is -2.41. The van der Waals surface area contributed by atoms with E-state index in [4.69, 9.17) is 5.73 Å². The van der Waals surface area contributed by atoms with Gasteiger partial charge in [-0.1, -0.05) is 15.9 Å². The fraction of sp³-hybridized carbons (Fsp3) is 0.231. The van der Waals surface area contributed by atoms with E-state index in [1.54, 1.807) is 0 Å². The van der Waals surface area contributed by atoms with Crippen molar-refractivity contribution >= 4 is 38.7 Å². The summed E-state index contributed by atoms with van der Waals surface area (Å²) < 4.78 is 3.04. The lowest BCUT2D eigenvalue weighted by Gasteiger charge is -2.18. The molecule has 1 amide bonds. The monoisotopic (exact) mass is 320 g/mol. The molecule has 1 unspecified atom stereocenters. The topological polar surface area (TPSA) is 72.4 Å². The largest absolute Gasteiger partial charge is 0.370 e. The summed E-state index contributed by atoms with van der Waals surface area (Å²) in [4.78, 5) is 15.9. The third-order valence-corrected chi connectivity index (χ3v) is 3.78. The van der Waals surface area contributed by atoms with E-state index in [-0.39, 0.29) is 17.9 Å². The lowest BCUT2D eigenvalue weighted by atomic mass is 10.0. The molecule has 2 heterocycles. The minimum absolute atomic E-state index is 0.0931. The first-order valence-corrected chi connectivity index (χ1v) is 6.71. The molecule has 3 rings (SSSR count). The van der Waals surface area contributed by atoms with Crippen LogP contribution in [0.1, 0.15) is 18.0 Å². The predicted octanol–water partition coefficient (Wildman–Crippen LogP) is 1.82. The molecule has 1 aromatic heterocycles. The average Bonchev–Trinajstić information content (AvgIpc) is 2.65. The zero-order valence-corrected chi connectivity index (χ0v) is 11.9. The predicted molar refractivity (Wildman–Crippen MR) is 77.7 cm³/mol. The quantitative estimate of drug-likeness (QED) is 0.841. The Bertz CT molecular complexity index is 704. The smallest absolute Gasteiger partial charge is 0.229 e. The first kappa shape index (κ1) is 12.2. The third-order valence-electron chi connectivity index (χ3n) is 3.28. The molecule has 0 aliphatic carbocycles. The van der Waals surface area contributed by atoms with Crippen molar-refractivity contribution in [3.8, 4) is 0 Å². The number of fused-ring (bicyclic) bond motifs is 1. The molecule has 3 N–H and O–H groups in total. The number of aromatic nitrogens is 1. The number of carbonyl (C=O) groups is 1. The fourth-order valence-corrected chi connectivity index (χ4v) is 2.82. The molecule has 0 fully saturated rings. The summed E-state index contributed by atoms with van der Waals surface area (Å²) in [5.41, 5.74) is 7.77. The number of nitrogens with zero attached hydrogens (tertiary/aromatic N) is 2. The molecule has 6 heteroatoms. The Morgan fingerprint density at radius 3 is 3.05 bits per heavy atom. The van der Waals surface area contributed by atoms with Crippen LogP contribution in [0.3, 0.4) is 0 Å². The van der Waals surface area contributed by atoms with Gasteiger partial charge in [-0.05, 0) is 18.2 Å². The van der Waals surface area contributed by atoms with E-state index in [0.29, 0.717) is 6.42 Å². The Kier molecular flexibility index (Phi) is 2.82. The Labute approximate surface area is 118 Å². The highest BCUT2D eigenvalue weighted by atomic mass is 79.9. The molecule has 5 nitrogen and oxygen atoms in total. The molecule has 19 heavy (non-hydrogen) atoms. The Morgan fingerprint density at radius 2 is 2.32 bits per heavy atom. The molecule has 0 radical (unpaired) electrons. The molecule has 1 aliphatic heterocycles. The van der Waals surface area contributed by atoms with Crippen molar-refractivity contribution < 1.29 is 4.79 Å². The van der Waals surface area contributed by atoms with Crippen LogP contribution >= 0.6 is 15.9 Å². The van der Waals surface area contributed by atoms with E-state index >= 15 is 0 Å². The highest BCUT2D eigenvalue weighted by molar-refractivity contribution is 9.10. The van der Waals surface area contributed by atoms with Crippen molar-refractivity contribution in [2.24, 2.45) is 17.8 Å². The average molecular weight is 321 g/mol. The van der Waals surface area contributed by atoms with Crippen LogP contribution in [0.25, 0.3) is 10.9 Å². The van der Waals surface area contributed by atoms with Gasteiger partial charge in [-0.2, -0.15) is 0 Å². The zero-order chi connectivity index (χ0) is 13.6. The number of carbonyl (C=O) groups excluding carboxylic acids is 1. The van der Waals surface area contributed by atoms with Crippen LogP contribution in [0.5, 0.6) is 0 Å². The molecular formula is C13H13BrN4O. The van der Waals surface area contributed by atoms with Gasteiger partial charge in [0, 0.05) is 34.2 Å². The number of rotatable bonds is 1. The van der Waals surface area contributed by atoms with Gasteiger partial charge >= 0.3 is 0 Å². The van der Waals surface area contributed by atoms with Crippen LogP contribution in [0.2, 0.25) is 0 Å². The lowest BCUT2D eigenvalue weighted by molar-refractivity contribution is -0.120. The number of amides is 1. The second-order valence-electron chi connectivity index (χ2n) is 4.64. The molecule has 2 aromatic rings. The van der Waals surface area contributed by atoms with Crippen LogP contribution < -0.4 is 11.1 Å². The van der Waals surface area contributed by atoms with Crippen LogP contribution in [0, 0.1) is 0 Å². The molecule has 98 valence electrons. The van der Waals surface area contributed by atoms with E-state index in [1.165, 1.54) is 0 Å². The minimum Gasteiger partial charge on any atom is -0.370 e. The Balaban J connectivity index is 2.17. The maximum atomic E-state index is 11.6.